The quantitative estimate of drug-likeness (QED) is 0.733. The Morgan fingerprint density at radius 3 is 2.75 bits per heavy atom. The predicted octanol–water partition coefficient (Wildman–Crippen LogP) is 0.984. The van der Waals surface area contributed by atoms with Crippen molar-refractivity contribution < 1.29 is 9.84 Å². The van der Waals surface area contributed by atoms with Crippen molar-refractivity contribution >= 4 is 11.9 Å². The van der Waals surface area contributed by atoms with Crippen LogP contribution in [0.15, 0.2) is 0 Å². The number of anilines is 2. The first-order valence-corrected chi connectivity index (χ1v) is 7.26. The lowest BCUT2D eigenvalue weighted by Crippen LogP contribution is -2.42. The lowest BCUT2D eigenvalue weighted by atomic mass is 9.91. The van der Waals surface area contributed by atoms with Crippen LogP contribution in [0, 0.1) is 0 Å². The number of hydrogen-bond donors (Lipinski definition) is 2. The molecule has 0 aromatic carbocycles. The van der Waals surface area contributed by atoms with Crippen molar-refractivity contribution in [1.29, 1.82) is 0 Å². The number of hydrogen-bond acceptors (Lipinski definition) is 7. The molecule has 1 aromatic heterocycles. The zero-order valence-corrected chi connectivity index (χ0v) is 12.0. The van der Waals surface area contributed by atoms with Gasteiger partial charge in [-0.2, -0.15) is 15.0 Å². The van der Waals surface area contributed by atoms with Crippen molar-refractivity contribution in [2.45, 2.75) is 45.1 Å². The van der Waals surface area contributed by atoms with E-state index in [9.17, 15) is 0 Å². The Morgan fingerprint density at radius 1 is 1.35 bits per heavy atom. The van der Waals surface area contributed by atoms with Gasteiger partial charge in [0.25, 0.3) is 0 Å². The SMILES string of the molecule is CCCOc1nc(N)nc(N(CCCO)C2CCC2)n1. The van der Waals surface area contributed by atoms with Gasteiger partial charge in [-0.3, -0.25) is 0 Å². The van der Waals surface area contributed by atoms with Crippen molar-refractivity contribution in [2.75, 3.05) is 30.4 Å². The van der Waals surface area contributed by atoms with E-state index in [1.807, 2.05) is 6.92 Å². The highest BCUT2D eigenvalue weighted by atomic mass is 16.5. The van der Waals surface area contributed by atoms with Crippen LogP contribution in [0.4, 0.5) is 11.9 Å². The van der Waals surface area contributed by atoms with Crippen molar-refractivity contribution in [1.82, 2.24) is 15.0 Å². The van der Waals surface area contributed by atoms with Gasteiger partial charge in [0, 0.05) is 19.2 Å². The van der Waals surface area contributed by atoms with E-state index in [0.29, 0.717) is 25.0 Å². The van der Waals surface area contributed by atoms with Gasteiger partial charge in [0.1, 0.15) is 0 Å². The number of nitrogens with two attached hydrogens (primary N) is 1. The van der Waals surface area contributed by atoms with E-state index in [1.54, 1.807) is 0 Å². The summed E-state index contributed by atoms with van der Waals surface area (Å²) < 4.78 is 5.44. The molecule has 0 spiro atoms. The topological polar surface area (TPSA) is 97.4 Å². The zero-order valence-electron chi connectivity index (χ0n) is 12.0. The zero-order chi connectivity index (χ0) is 14.4. The first kappa shape index (κ1) is 14.8. The summed E-state index contributed by atoms with van der Waals surface area (Å²) in [5.74, 6) is 0.733. The van der Waals surface area contributed by atoms with Crippen LogP contribution in [-0.4, -0.2) is 45.9 Å². The standard InChI is InChI=1S/C13H23N5O2/c1-2-9-20-13-16-11(14)15-12(17-13)18(7-4-8-19)10-5-3-6-10/h10,19H,2-9H2,1H3,(H2,14,15,16,17). The van der Waals surface area contributed by atoms with Crippen LogP contribution in [0.5, 0.6) is 6.01 Å². The van der Waals surface area contributed by atoms with Crippen molar-refractivity contribution in [2.24, 2.45) is 0 Å². The Labute approximate surface area is 119 Å². The highest BCUT2D eigenvalue weighted by Gasteiger charge is 2.27. The minimum Gasteiger partial charge on any atom is -0.463 e. The molecule has 1 saturated carbocycles. The molecule has 0 unspecified atom stereocenters. The average Bonchev–Trinajstić information content (AvgIpc) is 2.38. The number of ether oxygens (including phenoxy) is 1. The van der Waals surface area contributed by atoms with Crippen molar-refractivity contribution in [3.8, 4) is 6.01 Å². The van der Waals surface area contributed by atoms with Gasteiger partial charge in [-0.25, -0.2) is 0 Å². The summed E-state index contributed by atoms with van der Waals surface area (Å²) >= 11 is 0. The van der Waals surface area contributed by atoms with Gasteiger partial charge < -0.3 is 20.5 Å². The van der Waals surface area contributed by atoms with Gasteiger partial charge >= 0.3 is 6.01 Å². The highest BCUT2D eigenvalue weighted by molar-refractivity contribution is 5.37. The molecule has 1 aliphatic carbocycles. The molecule has 112 valence electrons. The molecule has 2 rings (SSSR count). The summed E-state index contributed by atoms with van der Waals surface area (Å²) in [7, 11) is 0. The molecular formula is C13H23N5O2. The van der Waals surface area contributed by atoms with E-state index in [-0.39, 0.29) is 18.6 Å². The monoisotopic (exact) mass is 281 g/mol. The maximum atomic E-state index is 9.03. The normalized spacial score (nSPS) is 14.9. The summed E-state index contributed by atoms with van der Waals surface area (Å²) in [5.41, 5.74) is 5.74. The fourth-order valence-corrected chi connectivity index (χ4v) is 2.13. The smallest absolute Gasteiger partial charge is 0.323 e. The maximum Gasteiger partial charge on any atom is 0.323 e. The third-order valence-corrected chi connectivity index (χ3v) is 3.39. The minimum absolute atomic E-state index is 0.156. The molecule has 20 heavy (non-hydrogen) atoms. The number of rotatable bonds is 8. The van der Waals surface area contributed by atoms with E-state index >= 15 is 0 Å². The predicted molar refractivity (Wildman–Crippen MR) is 76.7 cm³/mol. The molecule has 0 radical (unpaired) electrons. The first-order chi connectivity index (χ1) is 9.74. The number of aliphatic hydroxyl groups is 1. The van der Waals surface area contributed by atoms with Crippen LogP contribution >= 0.6 is 0 Å². The van der Waals surface area contributed by atoms with Crippen molar-refractivity contribution in [3.05, 3.63) is 0 Å². The van der Waals surface area contributed by atoms with Gasteiger partial charge in [0.05, 0.1) is 6.61 Å². The maximum absolute atomic E-state index is 9.03. The third-order valence-electron chi connectivity index (χ3n) is 3.39. The van der Waals surface area contributed by atoms with E-state index in [1.165, 1.54) is 6.42 Å². The first-order valence-electron chi connectivity index (χ1n) is 7.26. The van der Waals surface area contributed by atoms with Crippen LogP contribution in [0.2, 0.25) is 0 Å². The fourth-order valence-electron chi connectivity index (χ4n) is 2.13. The number of aromatic nitrogens is 3. The van der Waals surface area contributed by atoms with Crippen molar-refractivity contribution in [3.63, 3.8) is 0 Å². The Hall–Kier alpha value is -1.63. The largest absolute Gasteiger partial charge is 0.463 e. The van der Waals surface area contributed by atoms with Gasteiger partial charge in [0.2, 0.25) is 11.9 Å². The summed E-state index contributed by atoms with van der Waals surface area (Å²) in [6, 6.07) is 0.713. The average molecular weight is 281 g/mol. The fraction of sp³-hybridized carbons (Fsp3) is 0.769. The second-order valence-corrected chi connectivity index (χ2v) is 4.98. The second kappa shape index (κ2) is 7.23. The van der Waals surface area contributed by atoms with Crippen LogP contribution in [0.3, 0.4) is 0 Å². The molecular weight excluding hydrogens is 258 g/mol. The molecule has 0 amide bonds. The molecule has 0 saturated heterocycles. The van der Waals surface area contributed by atoms with Crippen LogP contribution in [0.1, 0.15) is 39.0 Å². The molecule has 1 aromatic rings. The van der Waals surface area contributed by atoms with E-state index < -0.39 is 0 Å². The number of nitrogen functional groups attached to an aromatic ring is 1. The van der Waals surface area contributed by atoms with Gasteiger partial charge in [-0.05, 0) is 32.1 Å². The van der Waals surface area contributed by atoms with E-state index in [0.717, 1.165) is 25.8 Å². The summed E-state index contributed by atoms with van der Waals surface area (Å²) in [6.07, 6.45) is 5.05. The molecule has 0 bridgehead atoms. The van der Waals surface area contributed by atoms with Crippen LogP contribution < -0.4 is 15.4 Å². The van der Waals surface area contributed by atoms with E-state index in [4.69, 9.17) is 15.6 Å². The molecule has 7 heteroatoms. The molecule has 0 aliphatic heterocycles. The molecule has 1 heterocycles. The molecule has 0 atom stereocenters. The minimum atomic E-state index is 0.156. The van der Waals surface area contributed by atoms with E-state index in [2.05, 4.69) is 19.9 Å². The van der Waals surface area contributed by atoms with Gasteiger partial charge in [-0.15, -0.1) is 0 Å². The molecule has 1 aliphatic rings. The second-order valence-electron chi connectivity index (χ2n) is 4.98. The highest BCUT2D eigenvalue weighted by Crippen LogP contribution is 2.28. The summed E-state index contributed by atoms with van der Waals surface area (Å²) in [4.78, 5) is 14.7. The molecule has 7 nitrogen and oxygen atoms in total. The third kappa shape index (κ3) is 3.69. The Kier molecular flexibility index (Phi) is 5.34. The van der Waals surface area contributed by atoms with Gasteiger partial charge in [0.15, 0.2) is 0 Å². The Balaban J connectivity index is 2.15. The lowest BCUT2D eigenvalue weighted by molar-refractivity contribution is 0.280. The Bertz CT molecular complexity index is 425. The van der Waals surface area contributed by atoms with Crippen LogP contribution in [-0.2, 0) is 0 Å². The Morgan fingerprint density at radius 2 is 2.15 bits per heavy atom. The van der Waals surface area contributed by atoms with Crippen LogP contribution in [0.25, 0.3) is 0 Å². The number of nitrogens with zero attached hydrogens (tertiary/aromatic N) is 4. The summed E-state index contributed by atoms with van der Waals surface area (Å²) in [5, 5.41) is 9.03. The van der Waals surface area contributed by atoms with Gasteiger partial charge in [-0.1, -0.05) is 6.92 Å². The molecule has 1 fully saturated rings. The molecule has 3 N–H and O–H groups in total. The number of aliphatic hydroxyl groups excluding tert-OH is 1. The summed E-state index contributed by atoms with van der Waals surface area (Å²) in [6.45, 7) is 3.46. The lowest BCUT2D eigenvalue weighted by Gasteiger charge is -2.37.